The second-order valence-electron chi connectivity index (χ2n) is 3.34. The second kappa shape index (κ2) is 7.50. The minimum absolute atomic E-state index is 1.00. The lowest BCUT2D eigenvalue weighted by atomic mass is 10.2. The second-order valence-corrected chi connectivity index (χ2v) is 6.40. The Morgan fingerprint density at radius 1 is 1.08 bits per heavy atom. The van der Waals surface area contributed by atoms with Gasteiger partial charge in [-0.1, -0.05) is 26.2 Å². The minimum Gasteiger partial charge on any atom is -0.386 e. The van der Waals surface area contributed by atoms with E-state index >= 15 is 0 Å². The Morgan fingerprint density at radius 2 is 1.69 bits per heavy atom. The predicted octanol–water partition coefficient (Wildman–Crippen LogP) is 2.02. The van der Waals surface area contributed by atoms with E-state index in [1.54, 1.807) is 14.2 Å². The SMILES string of the molecule is CCCCCCN[Si](C)(OC)OC. The Labute approximate surface area is 83.1 Å². The van der Waals surface area contributed by atoms with Crippen molar-refractivity contribution in [2.75, 3.05) is 20.8 Å². The third-order valence-corrected chi connectivity index (χ3v) is 4.71. The van der Waals surface area contributed by atoms with Crippen molar-refractivity contribution >= 4 is 8.72 Å². The zero-order valence-corrected chi connectivity index (χ0v) is 10.4. The molecule has 0 saturated carbocycles. The molecule has 3 nitrogen and oxygen atoms in total. The first-order valence-corrected chi connectivity index (χ1v) is 7.35. The fourth-order valence-electron chi connectivity index (χ4n) is 1.09. The van der Waals surface area contributed by atoms with E-state index in [0.29, 0.717) is 0 Å². The summed E-state index contributed by atoms with van der Waals surface area (Å²) in [5.74, 6) is 0. The summed E-state index contributed by atoms with van der Waals surface area (Å²) < 4.78 is 10.6. The predicted molar refractivity (Wildman–Crippen MR) is 57.8 cm³/mol. The number of unbranched alkanes of at least 4 members (excludes halogenated alkanes) is 3. The minimum atomic E-state index is -2.01. The van der Waals surface area contributed by atoms with Crippen molar-refractivity contribution in [1.82, 2.24) is 4.98 Å². The molecule has 0 bridgehead atoms. The molecule has 13 heavy (non-hydrogen) atoms. The van der Waals surface area contributed by atoms with Crippen LogP contribution in [0.15, 0.2) is 0 Å². The van der Waals surface area contributed by atoms with Crippen LogP contribution in [-0.4, -0.2) is 29.5 Å². The molecule has 0 amide bonds. The fraction of sp³-hybridized carbons (Fsp3) is 1.00. The maximum absolute atomic E-state index is 5.30. The first-order chi connectivity index (χ1) is 6.18. The zero-order valence-electron chi connectivity index (χ0n) is 9.35. The Bertz CT molecular complexity index is 118. The van der Waals surface area contributed by atoms with Crippen LogP contribution in [0.3, 0.4) is 0 Å². The van der Waals surface area contributed by atoms with Gasteiger partial charge in [0, 0.05) is 14.2 Å². The van der Waals surface area contributed by atoms with Crippen LogP contribution < -0.4 is 4.98 Å². The largest absolute Gasteiger partial charge is 0.421 e. The van der Waals surface area contributed by atoms with Gasteiger partial charge in [0.15, 0.2) is 0 Å². The first-order valence-electron chi connectivity index (χ1n) is 5.04. The van der Waals surface area contributed by atoms with Crippen LogP contribution in [0.25, 0.3) is 0 Å². The molecule has 0 fully saturated rings. The van der Waals surface area contributed by atoms with Gasteiger partial charge in [-0.05, 0) is 19.5 Å². The molecule has 0 aromatic heterocycles. The summed E-state index contributed by atoms with van der Waals surface area (Å²) in [7, 11) is 1.40. The van der Waals surface area contributed by atoms with Gasteiger partial charge in [0.2, 0.25) is 0 Å². The van der Waals surface area contributed by atoms with E-state index in [-0.39, 0.29) is 0 Å². The van der Waals surface area contributed by atoms with E-state index in [4.69, 9.17) is 8.85 Å². The number of hydrogen-bond donors (Lipinski definition) is 1. The van der Waals surface area contributed by atoms with Crippen molar-refractivity contribution in [1.29, 1.82) is 0 Å². The monoisotopic (exact) mass is 205 g/mol. The Morgan fingerprint density at radius 3 is 2.15 bits per heavy atom. The highest BCUT2D eigenvalue weighted by Crippen LogP contribution is 2.01. The summed E-state index contributed by atoms with van der Waals surface area (Å²) >= 11 is 0. The summed E-state index contributed by atoms with van der Waals surface area (Å²) in [6.07, 6.45) is 5.10. The van der Waals surface area contributed by atoms with Crippen LogP contribution in [0.5, 0.6) is 0 Å². The maximum atomic E-state index is 5.30. The number of hydrogen-bond acceptors (Lipinski definition) is 3. The van der Waals surface area contributed by atoms with Gasteiger partial charge in [0.25, 0.3) is 0 Å². The fourth-order valence-corrected chi connectivity index (χ4v) is 2.18. The smallest absolute Gasteiger partial charge is 0.386 e. The topological polar surface area (TPSA) is 30.5 Å². The van der Waals surface area contributed by atoms with Crippen molar-refractivity contribution in [2.45, 2.75) is 39.2 Å². The van der Waals surface area contributed by atoms with Crippen molar-refractivity contribution < 1.29 is 8.85 Å². The molecule has 0 unspecified atom stereocenters. The molecular formula is C9H23NO2Si. The lowest BCUT2D eigenvalue weighted by molar-refractivity contribution is 0.235. The van der Waals surface area contributed by atoms with E-state index in [9.17, 15) is 0 Å². The third kappa shape index (κ3) is 6.21. The third-order valence-electron chi connectivity index (χ3n) is 2.26. The van der Waals surface area contributed by atoms with Gasteiger partial charge >= 0.3 is 8.72 Å². The van der Waals surface area contributed by atoms with Crippen molar-refractivity contribution in [3.05, 3.63) is 0 Å². The lowest BCUT2D eigenvalue weighted by Crippen LogP contribution is -2.52. The zero-order chi connectivity index (χ0) is 10.2. The highest BCUT2D eigenvalue weighted by Gasteiger charge is 2.27. The molecule has 0 aliphatic heterocycles. The van der Waals surface area contributed by atoms with Gasteiger partial charge in [-0.15, -0.1) is 0 Å². The van der Waals surface area contributed by atoms with Gasteiger partial charge in [0.05, 0.1) is 0 Å². The van der Waals surface area contributed by atoms with E-state index in [0.717, 1.165) is 6.54 Å². The van der Waals surface area contributed by atoms with Crippen LogP contribution in [0.2, 0.25) is 6.55 Å². The van der Waals surface area contributed by atoms with Gasteiger partial charge in [-0.25, -0.2) is 0 Å². The maximum Gasteiger partial charge on any atom is 0.421 e. The molecule has 0 atom stereocenters. The summed E-state index contributed by atoms with van der Waals surface area (Å²) in [6, 6.07) is 0. The molecule has 1 N–H and O–H groups in total. The summed E-state index contributed by atoms with van der Waals surface area (Å²) in [5, 5.41) is 0. The molecule has 0 aliphatic rings. The average molecular weight is 205 g/mol. The molecule has 0 aromatic carbocycles. The molecule has 0 aromatic rings. The van der Waals surface area contributed by atoms with Crippen molar-refractivity contribution in [2.24, 2.45) is 0 Å². The van der Waals surface area contributed by atoms with Gasteiger partial charge in [-0.2, -0.15) is 0 Å². The summed E-state index contributed by atoms with van der Waals surface area (Å²) in [4.78, 5) is 3.35. The standard InChI is InChI=1S/C9H23NO2Si/c1-5-6-7-8-9-10-13(4,11-2)12-3/h10H,5-9H2,1-4H3. The molecule has 4 heteroatoms. The van der Waals surface area contributed by atoms with E-state index in [1.807, 2.05) is 6.55 Å². The molecule has 0 radical (unpaired) electrons. The van der Waals surface area contributed by atoms with Crippen LogP contribution in [0.1, 0.15) is 32.6 Å². The van der Waals surface area contributed by atoms with E-state index in [1.165, 1.54) is 25.7 Å². The molecule has 0 saturated heterocycles. The molecule has 80 valence electrons. The first kappa shape index (κ1) is 13.1. The normalized spacial score (nSPS) is 12.0. The Hall–Kier alpha value is 0.0969. The van der Waals surface area contributed by atoms with Crippen LogP contribution in [-0.2, 0) is 8.85 Å². The van der Waals surface area contributed by atoms with Crippen LogP contribution in [0, 0.1) is 0 Å². The highest BCUT2D eigenvalue weighted by molar-refractivity contribution is 6.63. The molecule has 0 rings (SSSR count). The van der Waals surface area contributed by atoms with Gasteiger partial charge in [-0.3, -0.25) is 4.98 Å². The van der Waals surface area contributed by atoms with Gasteiger partial charge in [0.1, 0.15) is 0 Å². The van der Waals surface area contributed by atoms with Gasteiger partial charge < -0.3 is 8.85 Å². The summed E-state index contributed by atoms with van der Waals surface area (Å²) in [6.45, 7) is 5.24. The molecular weight excluding hydrogens is 182 g/mol. The molecule has 0 spiro atoms. The quantitative estimate of drug-likeness (QED) is 0.486. The highest BCUT2D eigenvalue weighted by atomic mass is 28.4. The Balaban J connectivity index is 3.39. The summed E-state index contributed by atoms with van der Waals surface area (Å²) in [5.41, 5.74) is 0. The van der Waals surface area contributed by atoms with E-state index < -0.39 is 8.72 Å². The van der Waals surface area contributed by atoms with Crippen LogP contribution in [0.4, 0.5) is 0 Å². The number of rotatable bonds is 8. The van der Waals surface area contributed by atoms with E-state index in [2.05, 4.69) is 11.9 Å². The van der Waals surface area contributed by atoms with Crippen LogP contribution >= 0.6 is 0 Å². The molecule has 0 aliphatic carbocycles. The van der Waals surface area contributed by atoms with Crippen molar-refractivity contribution in [3.8, 4) is 0 Å². The lowest BCUT2D eigenvalue weighted by Gasteiger charge is -2.23. The van der Waals surface area contributed by atoms with Crippen molar-refractivity contribution in [3.63, 3.8) is 0 Å². The number of nitrogens with one attached hydrogen (secondary N) is 1. The Kier molecular flexibility index (Phi) is 7.55. The average Bonchev–Trinajstić information content (AvgIpc) is 2.17. The molecule has 0 heterocycles.